The van der Waals surface area contributed by atoms with Crippen LogP contribution in [0.15, 0.2) is 22.7 Å². The van der Waals surface area contributed by atoms with Gasteiger partial charge in [-0.2, -0.15) is 0 Å². The van der Waals surface area contributed by atoms with Crippen LogP contribution in [0.5, 0.6) is 0 Å². The molecule has 0 fully saturated rings. The number of amides is 1. The Morgan fingerprint density at radius 2 is 2.19 bits per heavy atom. The molecule has 0 bridgehead atoms. The summed E-state index contributed by atoms with van der Waals surface area (Å²) in [4.78, 5) is 11.7. The summed E-state index contributed by atoms with van der Waals surface area (Å²) in [5.74, 6) is -0.144. The monoisotopic (exact) mass is 304 g/mol. The fraction of sp³-hybridized carbons (Fsp3) is 0.364. The number of carbonyl (C=O) groups excluding carboxylic acids is 1. The molecular weight excluding hydrogens is 291 g/mol. The van der Waals surface area contributed by atoms with Gasteiger partial charge < -0.3 is 11.1 Å². The van der Waals surface area contributed by atoms with Crippen molar-refractivity contribution in [1.29, 1.82) is 0 Å². The highest BCUT2D eigenvalue weighted by Gasteiger charge is 2.09. The highest BCUT2D eigenvalue weighted by atomic mass is 79.9. The maximum absolute atomic E-state index is 11.7. The molecule has 3 N–H and O–H groups in total. The number of unbranched alkanes of at least 4 members (excludes halogenated alkanes) is 1. The average molecular weight is 306 g/mol. The Kier molecular flexibility index (Phi) is 5.80. The van der Waals surface area contributed by atoms with E-state index < -0.39 is 0 Å². The van der Waals surface area contributed by atoms with Gasteiger partial charge in [0.25, 0.3) is 5.91 Å². The highest BCUT2D eigenvalue weighted by molar-refractivity contribution is 9.10. The van der Waals surface area contributed by atoms with Gasteiger partial charge in [-0.15, -0.1) is 0 Å². The molecule has 0 unspecified atom stereocenters. The predicted octanol–water partition coefficient (Wildman–Crippen LogP) is 2.57. The lowest BCUT2D eigenvalue weighted by molar-refractivity contribution is 0.0953. The SMILES string of the molecule is NCCCCNC(=O)c1ccc(Br)cc1Cl. The van der Waals surface area contributed by atoms with Gasteiger partial charge in [0.2, 0.25) is 0 Å². The Balaban J connectivity index is 2.53. The molecule has 5 heteroatoms. The van der Waals surface area contributed by atoms with Crippen LogP contribution in [0.3, 0.4) is 0 Å². The van der Waals surface area contributed by atoms with Crippen LogP contribution in [0.2, 0.25) is 5.02 Å². The third-order valence-corrected chi connectivity index (χ3v) is 2.90. The first-order valence-corrected chi connectivity index (χ1v) is 6.25. The molecule has 0 aliphatic heterocycles. The van der Waals surface area contributed by atoms with Gasteiger partial charge in [0, 0.05) is 11.0 Å². The predicted molar refractivity (Wildman–Crippen MR) is 69.8 cm³/mol. The molecule has 1 amide bonds. The molecule has 1 rings (SSSR count). The van der Waals surface area contributed by atoms with Crippen molar-refractivity contribution in [3.63, 3.8) is 0 Å². The minimum absolute atomic E-state index is 0.144. The van der Waals surface area contributed by atoms with Gasteiger partial charge >= 0.3 is 0 Å². The second kappa shape index (κ2) is 6.89. The molecule has 88 valence electrons. The molecular formula is C11H14BrClN2O. The Bertz CT molecular complexity index is 371. The summed E-state index contributed by atoms with van der Waals surface area (Å²) in [5.41, 5.74) is 5.86. The fourth-order valence-electron chi connectivity index (χ4n) is 1.24. The number of nitrogens with two attached hydrogens (primary N) is 1. The van der Waals surface area contributed by atoms with E-state index >= 15 is 0 Å². The van der Waals surface area contributed by atoms with E-state index in [1.807, 2.05) is 0 Å². The Hall–Kier alpha value is -0.580. The van der Waals surface area contributed by atoms with Crippen LogP contribution in [0.25, 0.3) is 0 Å². The quantitative estimate of drug-likeness (QED) is 0.822. The standard InChI is InChI=1S/C11H14BrClN2O/c12-8-3-4-9(10(13)7-8)11(16)15-6-2-1-5-14/h3-4,7H,1-2,5-6,14H2,(H,15,16). The van der Waals surface area contributed by atoms with Crippen LogP contribution >= 0.6 is 27.5 Å². The van der Waals surface area contributed by atoms with Gasteiger partial charge in [-0.3, -0.25) is 4.79 Å². The molecule has 0 aliphatic rings. The molecule has 0 saturated heterocycles. The maximum Gasteiger partial charge on any atom is 0.252 e. The molecule has 3 nitrogen and oxygen atoms in total. The van der Waals surface area contributed by atoms with Crippen molar-refractivity contribution in [2.45, 2.75) is 12.8 Å². The van der Waals surface area contributed by atoms with Gasteiger partial charge in [0.15, 0.2) is 0 Å². The lowest BCUT2D eigenvalue weighted by atomic mass is 10.2. The number of hydrogen-bond acceptors (Lipinski definition) is 2. The lowest BCUT2D eigenvalue weighted by Gasteiger charge is -2.06. The van der Waals surface area contributed by atoms with Gasteiger partial charge in [0.05, 0.1) is 10.6 Å². The lowest BCUT2D eigenvalue weighted by Crippen LogP contribution is -2.25. The van der Waals surface area contributed by atoms with Crippen LogP contribution in [0.4, 0.5) is 0 Å². The van der Waals surface area contributed by atoms with Crippen molar-refractivity contribution in [2.75, 3.05) is 13.1 Å². The molecule has 0 atom stereocenters. The van der Waals surface area contributed by atoms with E-state index in [4.69, 9.17) is 17.3 Å². The number of benzene rings is 1. The first-order valence-electron chi connectivity index (χ1n) is 5.08. The van der Waals surface area contributed by atoms with Crippen molar-refractivity contribution in [1.82, 2.24) is 5.32 Å². The van der Waals surface area contributed by atoms with Gasteiger partial charge in [-0.1, -0.05) is 27.5 Å². The second-order valence-corrected chi connectivity index (χ2v) is 4.70. The summed E-state index contributed by atoms with van der Waals surface area (Å²) >= 11 is 9.24. The summed E-state index contributed by atoms with van der Waals surface area (Å²) in [6.07, 6.45) is 1.80. The van der Waals surface area contributed by atoms with E-state index in [0.717, 1.165) is 17.3 Å². The largest absolute Gasteiger partial charge is 0.352 e. The van der Waals surface area contributed by atoms with Crippen LogP contribution in [0, 0.1) is 0 Å². The minimum Gasteiger partial charge on any atom is -0.352 e. The smallest absolute Gasteiger partial charge is 0.252 e. The molecule has 1 aromatic rings. The van der Waals surface area contributed by atoms with E-state index in [1.54, 1.807) is 18.2 Å². The molecule has 1 aromatic carbocycles. The third kappa shape index (κ3) is 4.12. The molecule has 0 aliphatic carbocycles. The summed E-state index contributed by atoms with van der Waals surface area (Å²) in [5, 5.41) is 3.25. The summed E-state index contributed by atoms with van der Waals surface area (Å²) in [7, 11) is 0. The van der Waals surface area contributed by atoms with Gasteiger partial charge in [0.1, 0.15) is 0 Å². The van der Waals surface area contributed by atoms with Crippen LogP contribution < -0.4 is 11.1 Å². The van der Waals surface area contributed by atoms with Crippen LogP contribution in [-0.2, 0) is 0 Å². The highest BCUT2D eigenvalue weighted by Crippen LogP contribution is 2.21. The van der Waals surface area contributed by atoms with Crippen molar-refractivity contribution < 1.29 is 4.79 Å². The molecule has 16 heavy (non-hydrogen) atoms. The molecule has 0 saturated carbocycles. The van der Waals surface area contributed by atoms with E-state index in [-0.39, 0.29) is 5.91 Å². The Morgan fingerprint density at radius 3 is 2.81 bits per heavy atom. The molecule has 0 aromatic heterocycles. The van der Waals surface area contributed by atoms with E-state index in [1.165, 1.54) is 0 Å². The number of rotatable bonds is 5. The number of hydrogen-bond donors (Lipinski definition) is 2. The Morgan fingerprint density at radius 1 is 1.44 bits per heavy atom. The van der Waals surface area contributed by atoms with Crippen molar-refractivity contribution in [2.24, 2.45) is 5.73 Å². The average Bonchev–Trinajstić information content (AvgIpc) is 2.24. The molecule has 0 radical (unpaired) electrons. The van der Waals surface area contributed by atoms with E-state index in [9.17, 15) is 4.79 Å². The van der Waals surface area contributed by atoms with E-state index in [2.05, 4.69) is 21.2 Å². The van der Waals surface area contributed by atoms with E-state index in [0.29, 0.717) is 23.7 Å². The summed E-state index contributed by atoms with van der Waals surface area (Å²) in [6, 6.07) is 5.20. The van der Waals surface area contributed by atoms with Crippen LogP contribution in [-0.4, -0.2) is 19.0 Å². The third-order valence-electron chi connectivity index (χ3n) is 2.09. The first kappa shape index (κ1) is 13.5. The molecule has 0 spiro atoms. The topological polar surface area (TPSA) is 55.1 Å². The van der Waals surface area contributed by atoms with Crippen molar-refractivity contribution in [3.05, 3.63) is 33.3 Å². The fourth-order valence-corrected chi connectivity index (χ4v) is 2.00. The summed E-state index contributed by atoms with van der Waals surface area (Å²) in [6.45, 7) is 1.28. The zero-order chi connectivity index (χ0) is 12.0. The first-order chi connectivity index (χ1) is 7.65. The zero-order valence-electron chi connectivity index (χ0n) is 8.80. The second-order valence-electron chi connectivity index (χ2n) is 3.38. The minimum atomic E-state index is -0.144. The van der Waals surface area contributed by atoms with Crippen molar-refractivity contribution in [3.8, 4) is 0 Å². The summed E-state index contributed by atoms with van der Waals surface area (Å²) < 4.78 is 0.859. The Labute approximate surface area is 108 Å². The number of nitrogens with one attached hydrogen (secondary N) is 1. The van der Waals surface area contributed by atoms with Crippen molar-refractivity contribution >= 4 is 33.4 Å². The zero-order valence-corrected chi connectivity index (χ0v) is 11.1. The maximum atomic E-state index is 11.7. The van der Waals surface area contributed by atoms with Gasteiger partial charge in [-0.25, -0.2) is 0 Å². The van der Waals surface area contributed by atoms with Gasteiger partial charge in [-0.05, 0) is 37.6 Å². The number of halogens is 2. The van der Waals surface area contributed by atoms with Crippen LogP contribution in [0.1, 0.15) is 23.2 Å². The molecule has 0 heterocycles. The normalized spacial score (nSPS) is 10.2. The number of carbonyl (C=O) groups is 1.